The zero-order valence-corrected chi connectivity index (χ0v) is 9.67. The number of nitrogens with zero attached hydrogens (tertiary/aromatic N) is 4. The third-order valence-corrected chi connectivity index (χ3v) is 2.75. The summed E-state index contributed by atoms with van der Waals surface area (Å²) in [6, 6.07) is 0. The molecule has 0 unspecified atom stereocenters. The first kappa shape index (κ1) is 11.5. The molecule has 0 N–H and O–H groups in total. The lowest BCUT2D eigenvalue weighted by molar-refractivity contribution is -0.119. The molecule has 2 rings (SSSR count). The monoisotopic (exact) mass is 234 g/mol. The molecular weight excluding hydrogens is 220 g/mol. The lowest BCUT2D eigenvalue weighted by Gasteiger charge is -2.32. The predicted molar refractivity (Wildman–Crippen MR) is 60.3 cm³/mol. The Kier molecular flexibility index (Phi) is 3.32. The van der Waals surface area contributed by atoms with Crippen LogP contribution in [0.15, 0.2) is 12.4 Å². The molecule has 0 saturated carbocycles. The van der Waals surface area contributed by atoms with Gasteiger partial charge in [-0.15, -0.1) is 0 Å². The summed E-state index contributed by atoms with van der Waals surface area (Å²) < 4.78 is 0. The van der Waals surface area contributed by atoms with Crippen LogP contribution >= 0.6 is 0 Å². The van der Waals surface area contributed by atoms with E-state index >= 15 is 0 Å². The minimum atomic E-state index is -0.122. The summed E-state index contributed by atoms with van der Waals surface area (Å²) in [5, 5.41) is 0. The van der Waals surface area contributed by atoms with Crippen LogP contribution in [0.5, 0.6) is 0 Å². The highest BCUT2D eigenvalue weighted by atomic mass is 16.2. The largest absolute Gasteiger partial charge is 0.342 e. The van der Waals surface area contributed by atoms with E-state index in [1.807, 2.05) is 6.92 Å². The van der Waals surface area contributed by atoms with Crippen LogP contribution in [0.1, 0.15) is 16.2 Å². The fraction of sp³-hybridized carbons (Fsp3) is 0.455. The van der Waals surface area contributed by atoms with E-state index < -0.39 is 0 Å². The van der Waals surface area contributed by atoms with Gasteiger partial charge in [0.1, 0.15) is 5.69 Å². The molecule has 1 aromatic rings. The Morgan fingerprint density at radius 1 is 1.24 bits per heavy atom. The maximum atomic E-state index is 12.0. The van der Waals surface area contributed by atoms with Gasteiger partial charge in [-0.2, -0.15) is 0 Å². The van der Waals surface area contributed by atoms with E-state index in [0.29, 0.717) is 31.9 Å². The molecule has 2 amide bonds. The average molecular weight is 234 g/mol. The summed E-state index contributed by atoms with van der Waals surface area (Å²) in [5.41, 5.74) is 1.14. The molecule has 1 aliphatic heterocycles. The SMILES string of the molecule is Cc1cnc(C(=O)N2CCN(C=O)CC2)cn1. The smallest absolute Gasteiger partial charge is 0.274 e. The Hall–Kier alpha value is -1.98. The van der Waals surface area contributed by atoms with Crippen molar-refractivity contribution in [3.63, 3.8) is 0 Å². The molecule has 0 atom stereocenters. The number of hydrogen-bond acceptors (Lipinski definition) is 4. The summed E-state index contributed by atoms with van der Waals surface area (Å²) in [4.78, 5) is 34.0. The number of aryl methyl sites for hydroxylation is 1. The van der Waals surface area contributed by atoms with Gasteiger partial charge < -0.3 is 9.80 Å². The van der Waals surface area contributed by atoms with Gasteiger partial charge >= 0.3 is 0 Å². The van der Waals surface area contributed by atoms with Crippen molar-refractivity contribution >= 4 is 12.3 Å². The van der Waals surface area contributed by atoms with Gasteiger partial charge in [0.25, 0.3) is 5.91 Å². The van der Waals surface area contributed by atoms with E-state index in [-0.39, 0.29) is 5.91 Å². The normalized spacial score (nSPS) is 15.8. The van der Waals surface area contributed by atoms with Gasteiger partial charge in [0.05, 0.1) is 11.9 Å². The molecule has 1 aromatic heterocycles. The molecule has 1 aliphatic rings. The molecule has 6 nitrogen and oxygen atoms in total. The van der Waals surface area contributed by atoms with Gasteiger partial charge in [-0.25, -0.2) is 4.98 Å². The topological polar surface area (TPSA) is 66.4 Å². The van der Waals surface area contributed by atoms with E-state index in [1.54, 1.807) is 16.0 Å². The standard InChI is InChI=1S/C11H14N4O2/c1-9-6-13-10(7-12-9)11(17)15-4-2-14(8-16)3-5-15/h6-8H,2-5H2,1H3. The highest BCUT2D eigenvalue weighted by molar-refractivity contribution is 5.92. The van der Waals surface area contributed by atoms with Crippen molar-refractivity contribution in [3.8, 4) is 0 Å². The van der Waals surface area contributed by atoms with Crippen molar-refractivity contribution < 1.29 is 9.59 Å². The van der Waals surface area contributed by atoms with Gasteiger partial charge in [0.15, 0.2) is 0 Å². The van der Waals surface area contributed by atoms with Gasteiger partial charge in [-0.3, -0.25) is 14.6 Å². The van der Waals surface area contributed by atoms with E-state index in [9.17, 15) is 9.59 Å². The summed E-state index contributed by atoms with van der Waals surface area (Å²) in [5.74, 6) is -0.122. The lowest BCUT2D eigenvalue weighted by Crippen LogP contribution is -2.48. The first-order valence-electron chi connectivity index (χ1n) is 5.48. The molecule has 17 heavy (non-hydrogen) atoms. The quantitative estimate of drug-likeness (QED) is 0.659. The number of carbonyl (C=O) groups excluding carboxylic acids is 2. The van der Waals surface area contributed by atoms with E-state index in [4.69, 9.17) is 0 Å². The third-order valence-electron chi connectivity index (χ3n) is 2.75. The van der Waals surface area contributed by atoms with Gasteiger partial charge in [-0.1, -0.05) is 0 Å². The first-order valence-corrected chi connectivity index (χ1v) is 5.48. The molecule has 90 valence electrons. The number of hydrogen-bond donors (Lipinski definition) is 0. The van der Waals surface area contributed by atoms with E-state index in [0.717, 1.165) is 12.1 Å². The molecule has 0 spiro atoms. The third kappa shape index (κ3) is 2.58. The second kappa shape index (κ2) is 4.90. The molecule has 0 aromatic carbocycles. The van der Waals surface area contributed by atoms with E-state index in [1.165, 1.54) is 6.20 Å². The van der Waals surface area contributed by atoms with Crippen LogP contribution in [-0.4, -0.2) is 58.3 Å². The van der Waals surface area contributed by atoms with Crippen LogP contribution in [0.2, 0.25) is 0 Å². The maximum absolute atomic E-state index is 12.0. The summed E-state index contributed by atoms with van der Waals surface area (Å²) in [7, 11) is 0. The van der Waals surface area contributed by atoms with Gasteiger partial charge in [-0.05, 0) is 6.92 Å². The van der Waals surface area contributed by atoms with E-state index in [2.05, 4.69) is 9.97 Å². The molecule has 0 radical (unpaired) electrons. The molecular formula is C11H14N4O2. The predicted octanol–water partition coefficient (Wildman–Crippen LogP) is -0.301. The number of amides is 2. The molecule has 1 fully saturated rings. The zero-order chi connectivity index (χ0) is 12.3. The second-order valence-corrected chi connectivity index (χ2v) is 3.98. The highest BCUT2D eigenvalue weighted by Gasteiger charge is 2.22. The van der Waals surface area contributed by atoms with Crippen molar-refractivity contribution in [3.05, 3.63) is 23.8 Å². The molecule has 0 bridgehead atoms. The van der Waals surface area contributed by atoms with Crippen molar-refractivity contribution in [2.45, 2.75) is 6.92 Å². The Labute approximate surface area is 99.3 Å². The van der Waals surface area contributed by atoms with Gasteiger partial charge in [0, 0.05) is 32.4 Å². The maximum Gasteiger partial charge on any atom is 0.274 e. The molecule has 6 heteroatoms. The molecule has 2 heterocycles. The van der Waals surface area contributed by atoms with Crippen molar-refractivity contribution in [1.29, 1.82) is 0 Å². The van der Waals surface area contributed by atoms with Crippen LogP contribution in [0, 0.1) is 6.92 Å². The minimum Gasteiger partial charge on any atom is -0.342 e. The Morgan fingerprint density at radius 3 is 2.47 bits per heavy atom. The van der Waals surface area contributed by atoms with Crippen molar-refractivity contribution in [1.82, 2.24) is 19.8 Å². The summed E-state index contributed by atoms with van der Waals surface area (Å²) >= 11 is 0. The van der Waals surface area contributed by atoms with Crippen LogP contribution in [0.3, 0.4) is 0 Å². The number of rotatable bonds is 2. The van der Waals surface area contributed by atoms with Crippen molar-refractivity contribution in [2.75, 3.05) is 26.2 Å². The van der Waals surface area contributed by atoms with Crippen LogP contribution in [-0.2, 0) is 4.79 Å². The highest BCUT2D eigenvalue weighted by Crippen LogP contribution is 2.05. The van der Waals surface area contributed by atoms with Crippen LogP contribution in [0.4, 0.5) is 0 Å². The second-order valence-electron chi connectivity index (χ2n) is 3.98. The summed E-state index contributed by atoms with van der Waals surface area (Å²) in [6.45, 7) is 4.08. The zero-order valence-electron chi connectivity index (χ0n) is 9.67. The molecule has 1 saturated heterocycles. The lowest BCUT2D eigenvalue weighted by atomic mass is 10.3. The average Bonchev–Trinajstić information content (AvgIpc) is 2.39. The first-order chi connectivity index (χ1) is 8.20. The number of piperazine rings is 1. The van der Waals surface area contributed by atoms with Gasteiger partial charge in [0.2, 0.25) is 6.41 Å². The molecule has 0 aliphatic carbocycles. The number of carbonyl (C=O) groups is 2. The fourth-order valence-corrected chi connectivity index (χ4v) is 1.70. The fourth-order valence-electron chi connectivity index (χ4n) is 1.70. The van der Waals surface area contributed by atoms with Crippen molar-refractivity contribution in [2.24, 2.45) is 0 Å². The Bertz CT molecular complexity index is 410. The Morgan fingerprint density at radius 2 is 1.94 bits per heavy atom. The number of aromatic nitrogens is 2. The van der Waals surface area contributed by atoms with Crippen LogP contribution < -0.4 is 0 Å². The Balaban J connectivity index is 2.01. The summed E-state index contributed by atoms with van der Waals surface area (Å²) in [6.07, 6.45) is 3.88. The minimum absolute atomic E-state index is 0.122. The van der Waals surface area contributed by atoms with Crippen LogP contribution in [0.25, 0.3) is 0 Å².